The summed E-state index contributed by atoms with van der Waals surface area (Å²) in [6.45, 7) is 8.88. The minimum absolute atomic E-state index is 0.0112. The van der Waals surface area contributed by atoms with Gasteiger partial charge in [0.05, 0.1) is 169 Å². The molecule has 0 bridgehead atoms. The van der Waals surface area contributed by atoms with E-state index < -0.39 is 17.7 Å². The molecule has 0 aromatic heterocycles. The molecular formula is C42H59F3N2O15. The number of amides is 2. The molecule has 3 rings (SSSR count). The molecular weight excluding hydrogens is 829 g/mol. The highest BCUT2D eigenvalue weighted by Crippen LogP contribution is 2.32. The van der Waals surface area contributed by atoms with Crippen LogP contribution in [0.3, 0.4) is 0 Å². The minimum atomic E-state index is -4.48. The van der Waals surface area contributed by atoms with Gasteiger partial charge < -0.3 is 62.2 Å². The molecule has 2 amide bonds. The van der Waals surface area contributed by atoms with Crippen LogP contribution in [0.1, 0.15) is 15.9 Å². The molecule has 1 aliphatic rings. The van der Waals surface area contributed by atoms with Gasteiger partial charge in [-0.05, 0) is 30.3 Å². The smallest absolute Gasteiger partial charge is 0.416 e. The van der Waals surface area contributed by atoms with E-state index in [1.807, 2.05) is 0 Å². The number of para-hydroxylation sites is 1. The molecule has 0 saturated carbocycles. The molecule has 0 fully saturated rings. The fourth-order valence-electron chi connectivity index (χ4n) is 5.08. The lowest BCUT2D eigenvalue weighted by molar-refractivity contribution is -0.138. The van der Waals surface area contributed by atoms with E-state index in [0.29, 0.717) is 131 Å². The number of alkyl halides is 3. The zero-order chi connectivity index (χ0) is 44.4. The second-order valence-corrected chi connectivity index (χ2v) is 12.8. The third-order valence-corrected chi connectivity index (χ3v) is 8.16. The Morgan fingerprint density at radius 2 is 0.855 bits per heavy atom. The number of carbonyl (C=O) groups is 3. The Kier molecular flexibility index (Phi) is 28.2. The average Bonchev–Trinajstić information content (AvgIpc) is 3.58. The number of carbonyl (C=O) groups excluding carboxylic acids is 3. The van der Waals surface area contributed by atoms with Crippen molar-refractivity contribution in [3.63, 3.8) is 0 Å². The SMILES string of the molecule is O=C(OCCOCCOCCOCCOCCOCCOCCOCCOCCOCCOCCOCCN1C(=O)C=CC1=O)c1ccccc1Nc1cccc(C(F)(F)F)c1. The van der Waals surface area contributed by atoms with Crippen molar-refractivity contribution in [2.45, 2.75) is 6.18 Å². The van der Waals surface area contributed by atoms with Crippen molar-refractivity contribution < 1.29 is 84.4 Å². The molecule has 2 aromatic rings. The zero-order valence-corrected chi connectivity index (χ0v) is 34.9. The lowest BCUT2D eigenvalue weighted by atomic mass is 10.1. The Balaban J connectivity index is 0.962. The lowest BCUT2D eigenvalue weighted by Crippen LogP contribution is -2.33. The maximum atomic E-state index is 13.1. The highest BCUT2D eigenvalue weighted by Gasteiger charge is 2.30. The number of rotatable bonds is 39. The maximum Gasteiger partial charge on any atom is 0.416 e. The molecule has 2 aromatic carbocycles. The van der Waals surface area contributed by atoms with E-state index in [1.165, 1.54) is 30.4 Å². The van der Waals surface area contributed by atoms with E-state index in [0.717, 1.165) is 17.0 Å². The molecule has 348 valence electrons. The third kappa shape index (κ3) is 24.5. The first kappa shape index (κ1) is 52.3. The highest BCUT2D eigenvalue weighted by molar-refractivity contribution is 6.12. The van der Waals surface area contributed by atoms with Crippen LogP contribution in [0.25, 0.3) is 0 Å². The molecule has 1 N–H and O–H groups in total. The second kappa shape index (κ2) is 33.5. The van der Waals surface area contributed by atoms with Crippen molar-refractivity contribution in [1.82, 2.24) is 4.90 Å². The first-order valence-electron chi connectivity index (χ1n) is 20.3. The molecule has 0 unspecified atom stereocenters. The first-order chi connectivity index (χ1) is 30.3. The Morgan fingerprint density at radius 1 is 0.484 bits per heavy atom. The van der Waals surface area contributed by atoms with E-state index in [2.05, 4.69) is 5.32 Å². The van der Waals surface area contributed by atoms with Gasteiger partial charge in [0.25, 0.3) is 11.8 Å². The van der Waals surface area contributed by atoms with E-state index >= 15 is 0 Å². The van der Waals surface area contributed by atoms with Crippen molar-refractivity contribution in [1.29, 1.82) is 0 Å². The van der Waals surface area contributed by atoms with Gasteiger partial charge in [0.1, 0.15) is 6.61 Å². The number of hydrogen-bond donors (Lipinski definition) is 1. The number of anilines is 2. The molecule has 1 heterocycles. The summed E-state index contributed by atoms with van der Waals surface area (Å²) < 4.78 is 104. The molecule has 0 atom stereocenters. The van der Waals surface area contributed by atoms with Gasteiger partial charge in [-0.3, -0.25) is 14.5 Å². The lowest BCUT2D eigenvalue weighted by Gasteiger charge is -2.13. The summed E-state index contributed by atoms with van der Waals surface area (Å²) in [6, 6.07) is 11.1. The Bertz CT molecular complexity index is 1530. The number of halogens is 3. The van der Waals surface area contributed by atoms with Crippen LogP contribution in [0.2, 0.25) is 0 Å². The van der Waals surface area contributed by atoms with Gasteiger partial charge in [0.15, 0.2) is 0 Å². The summed E-state index contributed by atoms with van der Waals surface area (Å²) in [7, 11) is 0. The van der Waals surface area contributed by atoms with Crippen LogP contribution in [0, 0.1) is 0 Å². The predicted molar refractivity (Wildman–Crippen MR) is 216 cm³/mol. The molecule has 17 nitrogen and oxygen atoms in total. The summed E-state index contributed by atoms with van der Waals surface area (Å²) in [5, 5.41) is 2.86. The van der Waals surface area contributed by atoms with E-state index in [4.69, 9.17) is 56.8 Å². The van der Waals surface area contributed by atoms with Crippen molar-refractivity contribution in [3.8, 4) is 0 Å². The van der Waals surface area contributed by atoms with Crippen molar-refractivity contribution in [3.05, 3.63) is 71.8 Å². The van der Waals surface area contributed by atoms with Gasteiger partial charge in [0, 0.05) is 17.8 Å². The van der Waals surface area contributed by atoms with Gasteiger partial charge in [0.2, 0.25) is 0 Å². The number of esters is 1. The van der Waals surface area contributed by atoms with Gasteiger partial charge in [-0.25, -0.2) is 4.79 Å². The number of ether oxygens (including phenoxy) is 12. The van der Waals surface area contributed by atoms with Crippen LogP contribution in [-0.4, -0.2) is 181 Å². The molecule has 1 aliphatic heterocycles. The van der Waals surface area contributed by atoms with Crippen LogP contribution in [0.15, 0.2) is 60.7 Å². The third-order valence-electron chi connectivity index (χ3n) is 8.16. The largest absolute Gasteiger partial charge is 0.460 e. The summed E-state index contributed by atoms with van der Waals surface area (Å²) in [5.41, 5.74) is -0.117. The Morgan fingerprint density at radius 3 is 1.26 bits per heavy atom. The molecule has 20 heteroatoms. The zero-order valence-electron chi connectivity index (χ0n) is 34.9. The monoisotopic (exact) mass is 888 g/mol. The number of benzene rings is 2. The van der Waals surface area contributed by atoms with Crippen LogP contribution in [-0.2, 0) is 72.6 Å². The quantitative estimate of drug-likeness (QED) is 0.0584. The first-order valence-corrected chi connectivity index (χ1v) is 20.3. The summed E-state index contributed by atoms with van der Waals surface area (Å²) in [4.78, 5) is 36.6. The van der Waals surface area contributed by atoms with E-state index in [1.54, 1.807) is 18.2 Å². The molecule has 0 saturated heterocycles. The fourth-order valence-corrected chi connectivity index (χ4v) is 5.08. The Labute approximate surface area is 359 Å². The topological polar surface area (TPSA) is 177 Å². The highest BCUT2D eigenvalue weighted by atomic mass is 19.4. The predicted octanol–water partition coefficient (Wildman–Crippen LogP) is 3.71. The van der Waals surface area contributed by atoms with Crippen molar-refractivity contribution in [2.24, 2.45) is 0 Å². The van der Waals surface area contributed by atoms with Gasteiger partial charge >= 0.3 is 12.1 Å². The van der Waals surface area contributed by atoms with Crippen LogP contribution < -0.4 is 5.32 Å². The molecule has 62 heavy (non-hydrogen) atoms. The second-order valence-electron chi connectivity index (χ2n) is 12.8. The van der Waals surface area contributed by atoms with Gasteiger partial charge in [-0.2, -0.15) is 13.2 Å². The van der Waals surface area contributed by atoms with Crippen LogP contribution >= 0.6 is 0 Å². The number of hydrogen-bond acceptors (Lipinski definition) is 16. The van der Waals surface area contributed by atoms with Gasteiger partial charge in [-0.1, -0.05) is 18.2 Å². The van der Waals surface area contributed by atoms with Crippen LogP contribution in [0.5, 0.6) is 0 Å². The minimum Gasteiger partial charge on any atom is -0.460 e. The molecule has 0 spiro atoms. The number of nitrogens with one attached hydrogen (secondary N) is 1. The number of nitrogens with zero attached hydrogens (tertiary/aromatic N) is 1. The average molecular weight is 889 g/mol. The molecule has 0 aliphatic carbocycles. The number of imide groups is 1. The summed E-state index contributed by atoms with van der Waals surface area (Å²) in [6.07, 6.45) is -1.99. The van der Waals surface area contributed by atoms with Crippen LogP contribution in [0.4, 0.5) is 24.5 Å². The molecule has 0 radical (unpaired) electrons. The standard InChI is InChI=1S/C42H59F3N2O15/c43-42(44,45)35-4-3-5-36(34-35)46-38-7-2-1-6-37(38)41(50)62-33-32-61-31-30-60-29-28-59-27-26-58-25-24-57-23-22-56-21-20-55-19-18-54-17-16-53-15-14-52-13-12-51-11-10-47-39(48)8-9-40(47)49/h1-9,34,46H,10-33H2. The van der Waals surface area contributed by atoms with E-state index in [-0.39, 0.29) is 56.0 Å². The van der Waals surface area contributed by atoms with Crippen molar-refractivity contribution >= 4 is 29.2 Å². The Hall–Kier alpha value is -4.06. The van der Waals surface area contributed by atoms with E-state index in [9.17, 15) is 27.6 Å². The fraction of sp³-hybridized carbons (Fsp3) is 0.595. The maximum absolute atomic E-state index is 13.1. The van der Waals surface area contributed by atoms with Gasteiger partial charge in [-0.15, -0.1) is 0 Å². The van der Waals surface area contributed by atoms with Crippen molar-refractivity contribution in [2.75, 3.05) is 164 Å². The summed E-state index contributed by atoms with van der Waals surface area (Å²) >= 11 is 0. The summed E-state index contributed by atoms with van der Waals surface area (Å²) in [5.74, 6) is -1.28. The normalized spacial score (nSPS) is 12.8.